The van der Waals surface area contributed by atoms with Gasteiger partial charge in [0.05, 0.1) is 0 Å². The Hall–Kier alpha value is -0.510. The number of hydrogen-bond acceptors (Lipinski definition) is 0. The lowest BCUT2D eigenvalue weighted by Gasteiger charge is -2.47. The number of fused-ring (bicyclic) bond motifs is 2. The van der Waals surface area contributed by atoms with Crippen molar-refractivity contribution in [1.82, 2.24) is 0 Å². The Morgan fingerprint density at radius 1 is 1.18 bits per heavy atom. The van der Waals surface area contributed by atoms with Crippen LogP contribution in [0.3, 0.4) is 0 Å². The van der Waals surface area contributed by atoms with E-state index in [9.17, 15) is 0 Å². The van der Waals surface area contributed by atoms with Gasteiger partial charge in [-0.05, 0) is 48.9 Å². The van der Waals surface area contributed by atoms with Gasteiger partial charge < -0.3 is 4.85 Å². The quantitative estimate of drug-likeness (QED) is 0.589. The van der Waals surface area contributed by atoms with Crippen LogP contribution >= 0.6 is 0 Å². The summed E-state index contributed by atoms with van der Waals surface area (Å²) in [5.41, 5.74) is 0.464. The third-order valence-electron chi connectivity index (χ3n) is 6.61. The minimum absolute atomic E-state index is 0.0346. The molecule has 0 unspecified atom stereocenters. The van der Waals surface area contributed by atoms with E-state index in [-0.39, 0.29) is 5.54 Å². The highest BCUT2D eigenvalue weighted by Gasteiger charge is 2.69. The van der Waals surface area contributed by atoms with Gasteiger partial charge in [0.15, 0.2) is 0 Å². The predicted molar refractivity (Wildman–Crippen MR) is 70.4 cm³/mol. The minimum Gasteiger partial charge on any atom is -0.310 e. The van der Waals surface area contributed by atoms with Crippen LogP contribution in [0.5, 0.6) is 0 Å². The van der Waals surface area contributed by atoms with Gasteiger partial charge in [-0.15, -0.1) is 0 Å². The van der Waals surface area contributed by atoms with Gasteiger partial charge in [0.2, 0.25) is 5.54 Å². The van der Waals surface area contributed by atoms with Crippen LogP contribution in [0, 0.1) is 41.6 Å². The van der Waals surface area contributed by atoms with Gasteiger partial charge in [0.25, 0.3) is 0 Å². The maximum Gasteiger partial charge on any atom is 0.235 e. The van der Waals surface area contributed by atoms with Crippen molar-refractivity contribution in [3.63, 3.8) is 0 Å². The predicted octanol–water partition coefficient (Wildman–Crippen LogP) is 4.39. The molecule has 1 nitrogen and oxygen atoms in total. The summed E-state index contributed by atoms with van der Waals surface area (Å²) in [6.45, 7) is 17.2. The fourth-order valence-electron chi connectivity index (χ4n) is 5.80. The van der Waals surface area contributed by atoms with E-state index >= 15 is 0 Å². The van der Waals surface area contributed by atoms with Gasteiger partial charge >= 0.3 is 0 Å². The van der Waals surface area contributed by atoms with Crippen LogP contribution in [0.15, 0.2) is 0 Å². The number of rotatable bonds is 1. The van der Waals surface area contributed by atoms with Crippen LogP contribution in [0.4, 0.5) is 0 Å². The highest BCUT2D eigenvalue weighted by molar-refractivity contribution is 5.21. The molecule has 0 aliphatic heterocycles. The van der Waals surface area contributed by atoms with Crippen molar-refractivity contribution in [2.45, 2.75) is 58.9 Å². The summed E-state index contributed by atoms with van der Waals surface area (Å²) in [5, 5.41) is 0. The van der Waals surface area contributed by atoms with E-state index in [0.717, 1.165) is 17.8 Å². The molecule has 3 fully saturated rings. The van der Waals surface area contributed by atoms with E-state index in [0.29, 0.717) is 17.3 Å². The lowest BCUT2D eigenvalue weighted by atomic mass is 9.56. The first-order valence-electron chi connectivity index (χ1n) is 7.29. The molecule has 0 radical (unpaired) electrons. The third kappa shape index (κ3) is 1.30. The third-order valence-corrected chi connectivity index (χ3v) is 6.61. The average Bonchev–Trinajstić information content (AvgIpc) is 2.35. The van der Waals surface area contributed by atoms with E-state index in [1.54, 1.807) is 0 Å². The van der Waals surface area contributed by atoms with Gasteiger partial charge in [0, 0.05) is 18.8 Å². The Bertz CT molecular complexity index is 379. The van der Waals surface area contributed by atoms with E-state index in [1.807, 2.05) is 0 Å². The Kier molecular flexibility index (Phi) is 2.23. The second kappa shape index (κ2) is 3.28. The van der Waals surface area contributed by atoms with Crippen LogP contribution < -0.4 is 0 Å². The molecule has 3 aliphatic carbocycles. The second-order valence-corrected chi connectivity index (χ2v) is 7.79. The van der Waals surface area contributed by atoms with E-state index in [2.05, 4.69) is 32.5 Å². The zero-order valence-electron chi connectivity index (χ0n) is 11.7. The van der Waals surface area contributed by atoms with Gasteiger partial charge in [-0.2, -0.15) is 0 Å². The highest BCUT2D eigenvalue weighted by atomic mass is 14.9. The van der Waals surface area contributed by atoms with Crippen molar-refractivity contribution < 1.29 is 0 Å². The van der Waals surface area contributed by atoms with Crippen LogP contribution in [-0.4, -0.2) is 5.54 Å². The minimum atomic E-state index is -0.0346. The molecule has 94 valence electrons. The Morgan fingerprint density at radius 3 is 2.47 bits per heavy atom. The summed E-state index contributed by atoms with van der Waals surface area (Å²) in [7, 11) is 0. The SMILES string of the molecule is [C-]#[N+][C@]1(C)[C@H]2C[C@@H]3C[C@](C)(C2)[C@H]1C[C@H]3C(C)C. The molecule has 0 saturated heterocycles. The van der Waals surface area contributed by atoms with Crippen molar-refractivity contribution >= 4 is 0 Å². The Morgan fingerprint density at radius 2 is 1.88 bits per heavy atom. The molecule has 0 aromatic rings. The molecule has 0 N–H and O–H groups in total. The first kappa shape index (κ1) is 11.6. The lowest BCUT2D eigenvalue weighted by Crippen LogP contribution is -2.42. The standard InChI is InChI=1S/C16H25N/c1-10(2)13-7-14-15(3)8-11(13)6-12(9-15)16(14,4)17-5/h10-14H,6-9H2,1-4H3/t11-,12+,13+,14-,15-,16-/m1/s1. The smallest absolute Gasteiger partial charge is 0.235 e. The molecular weight excluding hydrogens is 206 g/mol. The monoisotopic (exact) mass is 231 g/mol. The Balaban J connectivity index is 2.03. The molecule has 3 rings (SSSR count). The van der Waals surface area contributed by atoms with E-state index in [1.165, 1.54) is 25.7 Å². The maximum atomic E-state index is 7.69. The maximum absolute atomic E-state index is 7.69. The Labute approximate surface area is 106 Å². The van der Waals surface area contributed by atoms with Crippen molar-refractivity contribution in [3.8, 4) is 0 Å². The number of hydrogen-bond donors (Lipinski definition) is 0. The van der Waals surface area contributed by atoms with Crippen LogP contribution in [0.1, 0.15) is 53.4 Å². The molecule has 3 saturated carbocycles. The molecule has 3 bridgehead atoms. The topological polar surface area (TPSA) is 4.36 Å². The van der Waals surface area contributed by atoms with Crippen LogP contribution in [-0.2, 0) is 0 Å². The summed E-state index contributed by atoms with van der Waals surface area (Å²) < 4.78 is 0. The lowest BCUT2D eigenvalue weighted by molar-refractivity contribution is 0.0118. The molecule has 3 aliphatic rings. The summed E-state index contributed by atoms with van der Waals surface area (Å²) in [4.78, 5) is 4.13. The van der Waals surface area contributed by atoms with Gasteiger partial charge in [-0.1, -0.05) is 20.8 Å². The molecule has 0 spiro atoms. The molecule has 6 atom stereocenters. The summed E-state index contributed by atoms with van der Waals surface area (Å²) >= 11 is 0. The van der Waals surface area contributed by atoms with Gasteiger partial charge in [-0.3, -0.25) is 0 Å². The van der Waals surface area contributed by atoms with Crippen LogP contribution in [0.25, 0.3) is 4.85 Å². The first-order valence-corrected chi connectivity index (χ1v) is 7.29. The zero-order chi connectivity index (χ0) is 12.4. The molecule has 0 aromatic heterocycles. The number of nitrogens with zero attached hydrogens (tertiary/aromatic N) is 1. The summed E-state index contributed by atoms with van der Waals surface area (Å²) in [6.07, 6.45) is 5.40. The molecule has 0 aromatic carbocycles. The molecule has 0 heterocycles. The van der Waals surface area contributed by atoms with Gasteiger partial charge in [-0.25, -0.2) is 6.57 Å². The van der Waals surface area contributed by atoms with Crippen molar-refractivity contribution in [3.05, 3.63) is 11.4 Å². The van der Waals surface area contributed by atoms with Crippen LogP contribution in [0.2, 0.25) is 0 Å². The average molecular weight is 231 g/mol. The van der Waals surface area contributed by atoms with Crippen molar-refractivity contribution in [2.75, 3.05) is 0 Å². The first-order chi connectivity index (χ1) is 7.90. The van der Waals surface area contributed by atoms with Gasteiger partial charge in [0.1, 0.15) is 0 Å². The summed E-state index contributed by atoms with van der Waals surface area (Å²) in [5.74, 6) is 3.97. The largest absolute Gasteiger partial charge is 0.310 e. The van der Waals surface area contributed by atoms with Crippen molar-refractivity contribution in [1.29, 1.82) is 0 Å². The molecular formula is C16H25N. The molecule has 17 heavy (non-hydrogen) atoms. The van der Waals surface area contributed by atoms with E-state index in [4.69, 9.17) is 6.57 Å². The van der Waals surface area contributed by atoms with E-state index < -0.39 is 0 Å². The fourth-order valence-corrected chi connectivity index (χ4v) is 5.80. The highest BCUT2D eigenvalue weighted by Crippen LogP contribution is 2.69. The fraction of sp³-hybridized carbons (Fsp3) is 0.938. The molecule has 0 amide bonds. The second-order valence-electron chi connectivity index (χ2n) is 7.79. The molecule has 1 heteroatoms. The normalized spacial score (nSPS) is 56.2. The van der Waals surface area contributed by atoms with Crippen molar-refractivity contribution in [2.24, 2.45) is 35.0 Å². The summed E-state index contributed by atoms with van der Waals surface area (Å²) in [6, 6.07) is 0. The zero-order valence-corrected chi connectivity index (χ0v) is 11.7.